The van der Waals surface area contributed by atoms with Crippen LogP contribution in [0.1, 0.15) is 45.6 Å². The van der Waals surface area contributed by atoms with Gasteiger partial charge in [-0.25, -0.2) is 8.42 Å². The van der Waals surface area contributed by atoms with Crippen LogP contribution in [-0.4, -0.2) is 57.6 Å². The molecule has 204 valence electrons. The quantitative estimate of drug-likeness (QED) is 0.373. The van der Waals surface area contributed by atoms with Crippen molar-refractivity contribution < 1.29 is 22.7 Å². The standard InChI is InChI=1S/C27H38ClN3O5S/c1-6-25(27(33)29-18-20(2)3)30(19-21-9-15-24(36-4)16-10-21)26(32)8-7-17-31(37(5,34)35)23-13-11-22(28)12-14-23/h9-16,20,25H,6-8,17-19H2,1-5H3,(H,29,33)/t25-/m0/s1. The van der Waals surface area contributed by atoms with Crippen LogP contribution in [0.4, 0.5) is 5.69 Å². The van der Waals surface area contributed by atoms with Crippen molar-refractivity contribution in [1.82, 2.24) is 10.2 Å². The Hall–Kier alpha value is -2.78. The second kappa shape index (κ2) is 14.2. The molecular formula is C27H38ClN3O5S. The van der Waals surface area contributed by atoms with Crippen molar-refractivity contribution in [2.75, 3.05) is 30.8 Å². The molecular weight excluding hydrogens is 514 g/mol. The highest BCUT2D eigenvalue weighted by Gasteiger charge is 2.29. The maximum Gasteiger partial charge on any atom is 0.242 e. The van der Waals surface area contributed by atoms with E-state index in [4.69, 9.17) is 16.3 Å². The van der Waals surface area contributed by atoms with E-state index in [9.17, 15) is 18.0 Å². The Morgan fingerprint density at radius 2 is 1.68 bits per heavy atom. The van der Waals surface area contributed by atoms with Gasteiger partial charge in [-0.3, -0.25) is 13.9 Å². The molecule has 0 unspecified atom stereocenters. The van der Waals surface area contributed by atoms with Gasteiger partial charge in [0.2, 0.25) is 21.8 Å². The van der Waals surface area contributed by atoms with E-state index in [1.807, 2.05) is 45.0 Å². The van der Waals surface area contributed by atoms with Crippen molar-refractivity contribution in [2.45, 2.75) is 52.6 Å². The molecule has 0 aromatic heterocycles. The Labute approximate surface area is 226 Å². The summed E-state index contributed by atoms with van der Waals surface area (Å²) in [6.45, 7) is 6.79. The molecule has 0 spiro atoms. The number of nitrogens with zero attached hydrogens (tertiary/aromatic N) is 2. The molecule has 37 heavy (non-hydrogen) atoms. The number of rotatable bonds is 14. The number of hydrogen-bond donors (Lipinski definition) is 1. The number of ether oxygens (including phenoxy) is 1. The Kier molecular flexibility index (Phi) is 11.7. The van der Waals surface area contributed by atoms with Crippen LogP contribution in [0.15, 0.2) is 48.5 Å². The minimum absolute atomic E-state index is 0.0870. The zero-order chi connectivity index (χ0) is 27.6. The van der Waals surface area contributed by atoms with Gasteiger partial charge in [-0.05, 0) is 60.7 Å². The van der Waals surface area contributed by atoms with Crippen molar-refractivity contribution >= 4 is 39.1 Å². The Morgan fingerprint density at radius 3 is 2.19 bits per heavy atom. The number of nitrogens with one attached hydrogen (secondary N) is 1. The number of methoxy groups -OCH3 is 1. The third-order valence-corrected chi connectivity index (χ3v) is 7.30. The molecule has 10 heteroatoms. The van der Waals surface area contributed by atoms with Gasteiger partial charge in [0.1, 0.15) is 11.8 Å². The number of benzene rings is 2. The van der Waals surface area contributed by atoms with E-state index in [1.54, 1.807) is 36.3 Å². The summed E-state index contributed by atoms with van der Waals surface area (Å²) in [4.78, 5) is 28.1. The largest absolute Gasteiger partial charge is 0.497 e. The summed E-state index contributed by atoms with van der Waals surface area (Å²) in [6, 6.07) is 13.2. The summed E-state index contributed by atoms with van der Waals surface area (Å²) in [7, 11) is -1.98. The van der Waals surface area contributed by atoms with Crippen LogP contribution in [0, 0.1) is 5.92 Å². The maximum absolute atomic E-state index is 13.5. The molecule has 0 saturated carbocycles. The molecule has 1 N–H and O–H groups in total. The fourth-order valence-corrected chi connectivity index (χ4v) is 4.97. The van der Waals surface area contributed by atoms with Crippen LogP contribution >= 0.6 is 11.6 Å². The van der Waals surface area contributed by atoms with Crippen molar-refractivity contribution in [3.05, 3.63) is 59.1 Å². The molecule has 0 aliphatic rings. The molecule has 0 radical (unpaired) electrons. The average molecular weight is 552 g/mol. The van der Waals surface area contributed by atoms with Crippen molar-refractivity contribution in [2.24, 2.45) is 5.92 Å². The van der Waals surface area contributed by atoms with Gasteiger partial charge in [0.05, 0.1) is 19.1 Å². The molecule has 0 fully saturated rings. The van der Waals surface area contributed by atoms with Gasteiger partial charge in [0.15, 0.2) is 0 Å². The summed E-state index contributed by atoms with van der Waals surface area (Å²) in [5.41, 5.74) is 1.34. The van der Waals surface area contributed by atoms with E-state index < -0.39 is 16.1 Å². The van der Waals surface area contributed by atoms with Crippen molar-refractivity contribution in [3.8, 4) is 5.75 Å². The fraction of sp³-hybridized carbons (Fsp3) is 0.481. The lowest BCUT2D eigenvalue weighted by molar-refractivity contribution is -0.141. The minimum atomic E-state index is -3.56. The first-order valence-corrected chi connectivity index (χ1v) is 14.6. The van der Waals surface area contributed by atoms with Crippen molar-refractivity contribution in [3.63, 3.8) is 0 Å². The molecule has 2 aromatic carbocycles. The predicted molar refractivity (Wildman–Crippen MR) is 148 cm³/mol. The van der Waals surface area contributed by atoms with Gasteiger partial charge >= 0.3 is 0 Å². The Balaban J connectivity index is 2.20. The average Bonchev–Trinajstić information content (AvgIpc) is 2.85. The zero-order valence-corrected chi connectivity index (χ0v) is 23.8. The lowest BCUT2D eigenvalue weighted by Gasteiger charge is -2.31. The molecule has 2 aromatic rings. The number of sulfonamides is 1. The predicted octanol–water partition coefficient (Wildman–Crippen LogP) is 4.47. The second-order valence-corrected chi connectivity index (χ2v) is 11.7. The first-order valence-electron chi connectivity index (χ1n) is 12.4. The van der Waals surface area contributed by atoms with Gasteiger partial charge in [-0.2, -0.15) is 0 Å². The number of amides is 2. The lowest BCUT2D eigenvalue weighted by atomic mass is 10.1. The van der Waals surface area contributed by atoms with Crippen LogP contribution in [0.25, 0.3) is 0 Å². The molecule has 2 amide bonds. The summed E-state index contributed by atoms with van der Waals surface area (Å²) in [5.74, 6) is 0.567. The highest BCUT2D eigenvalue weighted by Crippen LogP contribution is 2.22. The third kappa shape index (κ3) is 9.55. The van der Waals surface area contributed by atoms with Crippen LogP contribution in [-0.2, 0) is 26.2 Å². The monoisotopic (exact) mass is 551 g/mol. The summed E-state index contributed by atoms with van der Waals surface area (Å²) < 4.78 is 31.3. The van der Waals surface area contributed by atoms with E-state index >= 15 is 0 Å². The number of halogens is 1. The molecule has 0 aliphatic heterocycles. The van der Waals surface area contributed by atoms with E-state index in [0.717, 1.165) is 11.8 Å². The topological polar surface area (TPSA) is 96.0 Å². The molecule has 2 rings (SSSR count). The molecule has 0 saturated heterocycles. The van der Waals surface area contributed by atoms with Crippen molar-refractivity contribution in [1.29, 1.82) is 0 Å². The first kappa shape index (κ1) is 30.4. The van der Waals surface area contributed by atoms with Gasteiger partial charge < -0.3 is 15.0 Å². The number of hydrogen-bond acceptors (Lipinski definition) is 5. The highest BCUT2D eigenvalue weighted by atomic mass is 35.5. The highest BCUT2D eigenvalue weighted by molar-refractivity contribution is 7.92. The first-order chi connectivity index (χ1) is 17.5. The Morgan fingerprint density at radius 1 is 1.05 bits per heavy atom. The van der Waals surface area contributed by atoms with E-state index in [2.05, 4.69) is 5.32 Å². The summed E-state index contributed by atoms with van der Waals surface area (Å²) >= 11 is 5.95. The molecule has 0 bridgehead atoms. The number of carbonyl (C=O) groups is 2. The number of anilines is 1. The van der Waals surface area contributed by atoms with Crippen LogP contribution in [0.5, 0.6) is 5.75 Å². The molecule has 8 nitrogen and oxygen atoms in total. The SMILES string of the molecule is CC[C@@H](C(=O)NCC(C)C)N(Cc1ccc(OC)cc1)C(=O)CCCN(c1ccc(Cl)cc1)S(C)(=O)=O. The summed E-state index contributed by atoms with van der Waals surface area (Å²) in [6.07, 6.45) is 1.96. The van der Waals surface area contributed by atoms with Gasteiger partial charge in [-0.15, -0.1) is 0 Å². The van der Waals surface area contributed by atoms with Crippen LogP contribution < -0.4 is 14.4 Å². The maximum atomic E-state index is 13.5. The summed E-state index contributed by atoms with van der Waals surface area (Å²) in [5, 5.41) is 3.44. The second-order valence-electron chi connectivity index (χ2n) is 9.35. The van der Waals surface area contributed by atoms with Crippen LogP contribution in [0.3, 0.4) is 0 Å². The Bertz CT molecular complexity index is 1120. The smallest absolute Gasteiger partial charge is 0.242 e. The van der Waals surface area contributed by atoms with Crippen LogP contribution in [0.2, 0.25) is 5.02 Å². The van der Waals surface area contributed by atoms with Gasteiger partial charge in [-0.1, -0.05) is 44.5 Å². The van der Waals surface area contributed by atoms with E-state index in [1.165, 1.54) is 4.31 Å². The number of carbonyl (C=O) groups excluding carboxylic acids is 2. The minimum Gasteiger partial charge on any atom is -0.497 e. The molecule has 0 aliphatic carbocycles. The van der Waals surface area contributed by atoms with Gasteiger partial charge in [0, 0.05) is 31.1 Å². The third-order valence-electron chi connectivity index (χ3n) is 5.85. The zero-order valence-electron chi connectivity index (χ0n) is 22.2. The van der Waals surface area contributed by atoms with E-state index in [-0.39, 0.29) is 43.7 Å². The normalized spacial score (nSPS) is 12.2. The molecule has 0 heterocycles. The molecule has 1 atom stereocenters. The van der Waals surface area contributed by atoms with E-state index in [0.29, 0.717) is 29.4 Å². The lowest BCUT2D eigenvalue weighted by Crippen LogP contribution is -2.49. The van der Waals surface area contributed by atoms with Gasteiger partial charge in [0.25, 0.3) is 0 Å². The fourth-order valence-electron chi connectivity index (χ4n) is 3.88.